The number of nitrogens with one attached hydrogen (secondary N) is 2. The Morgan fingerprint density at radius 3 is 2.76 bits per heavy atom. The van der Waals surface area contributed by atoms with Crippen LogP contribution in [0.2, 0.25) is 0 Å². The lowest BCUT2D eigenvalue weighted by Gasteiger charge is -2.12. The number of aryl methyl sites for hydroxylation is 2. The number of carbonyl (C=O) groups is 1. The minimum Gasteiger partial charge on any atom is -0.336 e. The fraction of sp³-hybridized carbons (Fsp3) is 0.267. The van der Waals surface area contributed by atoms with Crippen molar-refractivity contribution < 1.29 is 9.18 Å². The molecule has 6 heteroatoms. The minimum atomic E-state index is -1.01. The third-order valence-corrected chi connectivity index (χ3v) is 3.27. The molecule has 2 N–H and O–H groups in total. The number of hydrogen-bond donors (Lipinski definition) is 2. The van der Waals surface area contributed by atoms with E-state index in [1.54, 1.807) is 13.0 Å². The molecule has 1 atom stereocenters. The molecular weight excluding hydrogens is 271 g/mol. The number of aromatic nitrogens is 2. The number of nitrogens with zero attached hydrogens (tertiary/aromatic N) is 2. The van der Waals surface area contributed by atoms with Gasteiger partial charge in [0.2, 0.25) is 5.91 Å². The third kappa shape index (κ3) is 3.26. The highest BCUT2D eigenvalue weighted by Gasteiger charge is 2.19. The first-order chi connectivity index (χ1) is 10.0. The maximum absolute atomic E-state index is 13.7. The quantitative estimate of drug-likeness (QED) is 0.903. The molecule has 5 nitrogen and oxygen atoms in total. The molecule has 0 unspecified atom stereocenters. The molecule has 0 aliphatic rings. The summed E-state index contributed by atoms with van der Waals surface area (Å²) in [5, 5.41) is 18.5. The van der Waals surface area contributed by atoms with Crippen LogP contribution in [0.4, 0.5) is 4.39 Å². The molecule has 0 aliphatic heterocycles. The van der Waals surface area contributed by atoms with Crippen molar-refractivity contribution in [2.45, 2.75) is 26.3 Å². The Morgan fingerprint density at radius 2 is 2.19 bits per heavy atom. The van der Waals surface area contributed by atoms with Gasteiger partial charge in [0.15, 0.2) is 0 Å². The molecule has 108 valence electrons. The van der Waals surface area contributed by atoms with Gasteiger partial charge in [-0.15, -0.1) is 0 Å². The van der Waals surface area contributed by atoms with Crippen molar-refractivity contribution >= 4 is 5.91 Å². The van der Waals surface area contributed by atoms with Crippen molar-refractivity contribution in [1.29, 1.82) is 5.26 Å². The van der Waals surface area contributed by atoms with Crippen LogP contribution in [-0.4, -0.2) is 16.1 Å². The van der Waals surface area contributed by atoms with Crippen LogP contribution < -0.4 is 5.32 Å². The Labute approximate surface area is 121 Å². The van der Waals surface area contributed by atoms with E-state index in [0.29, 0.717) is 0 Å². The Bertz CT molecular complexity index is 682. The summed E-state index contributed by atoms with van der Waals surface area (Å²) in [6, 6.07) is 6.80. The number of aromatic amines is 1. The third-order valence-electron chi connectivity index (χ3n) is 3.27. The van der Waals surface area contributed by atoms with Crippen LogP contribution in [0.5, 0.6) is 0 Å². The summed E-state index contributed by atoms with van der Waals surface area (Å²) in [5.41, 5.74) is 2.50. The van der Waals surface area contributed by atoms with Crippen molar-refractivity contribution in [3.63, 3.8) is 0 Å². The van der Waals surface area contributed by atoms with Gasteiger partial charge < -0.3 is 5.32 Å². The average molecular weight is 286 g/mol. The molecule has 0 radical (unpaired) electrons. The number of rotatable bonds is 4. The van der Waals surface area contributed by atoms with E-state index in [2.05, 4.69) is 15.5 Å². The molecule has 0 spiro atoms. The zero-order chi connectivity index (χ0) is 15.4. The summed E-state index contributed by atoms with van der Waals surface area (Å²) in [6.07, 6.45) is 0.0980. The molecule has 1 aromatic heterocycles. The van der Waals surface area contributed by atoms with Crippen LogP contribution in [0, 0.1) is 31.0 Å². The molecule has 0 saturated heterocycles. The summed E-state index contributed by atoms with van der Waals surface area (Å²) in [7, 11) is 0. The highest BCUT2D eigenvalue weighted by atomic mass is 19.1. The molecule has 1 amide bonds. The van der Waals surface area contributed by atoms with E-state index < -0.39 is 11.9 Å². The van der Waals surface area contributed by atoms with Crippen molar-refractivity contribution in [3.05, 3.63) is 52.6 Å². The van der Waals surface area contributed by atoms with Crippen molar-refractivity contribution in [2.75, 3.05) is 0 Å². The molecule has 0 aliphatic carbocycles. The van der Waals surface area contributed by atoms with E-state index >= 15 is 0 Å². The fourth-order valence-electron chi connectivity index (χ4n) is 2.10. The van der Waals surface area contributed by atoms with E-state index in [1.807, 2.05) is 13.0 Å². The number of H-pyrrole nitrogens is 1. The zero-order valence-electron chi connectivity index (χ0n) is 11.8. The van der Waals surface area contributed by atoms with Crippen LogP contribution in [0.3, 0.4) is 0 Å². The molecule has 0 bridgehead atoms. The molecule has 0 saturated carbocycles. The average Bonchev–Trinajstić information content (AvgIpc) is 2.77. The summed E-state index contributed by atoms with van der Waals surface area (Å²) < 4.78 is 13.7. The highest BCUT2D eigenvalue weighted by molar-refractivity contribution is 5.79. The van der Waals surface area contributed by atoms with Crippen molar-refractivity contribution in [2.24, 2.45) is 0 Å². The van der Waals surface area contributed by atoms with Gasteiger partial charge in [0.05, 0.1) is 18.2 Å². The SMILES string of the molecule is Cc1n[nH]c(C)c1CC(=O)N[C@@H](C#N)c1ccccc1F. The van der Waals surface area contributed by atoms with Crippen molar-refractivity contribution in [3.8, 4) is 6.07 Å². The van der Waals surface area contributed by atoms with Crippen molar-refractivity contribution in [1.82, 2.24) is 15.5 Å². The van der Waals surface area contributed by atoms with Gasteiger partial charge in [-0.3, -0.25) is 9.89 Å². The minimum absolute atomic E-state index is 0.0980. The van der Waals surface area contributed by atoms with Gasteiger partial charge in [0.1, 0.15) is 11.9 Å². The molecular formula is C15H15FN4O. The second kappa shape index (κ2) is 6.18. The lowest BCUT2D eigenvalue weighted by molar-refractivity contribution is -0.120. The van der Waals surface area contributed by atoms with E-state index in [4.69, 9.17) is 5.26 Å². The zero-order valence-corrected chi connectivity index (χ0v) is 11.8. The van der Waals surface area contributed by atoms with Crippen LogP contribution in [0.15, 0.2) is 24.3 Å². The van der Waals surface area contributed by atoms with Gasteiger partial charge in [-0.05, 0) is 19.9 Å². The number of benzene rings is 1. The van der Waals surface area contributed by atoms with E-state index in [0.717, 1.165) is 17.0 Å². The molecule has 1 aromatic carbocycles. The Kier molecular flexibility index (Phi) is 4.33. The first kappa shape index (κ1) is 14.7. The summed E-state index contributed by atoms with van der Waals surface area (Å²) in [6.45, 7) is 3.62. The normalized spacial score (nSPS) is 11.7. The predicted octanol–water partition coefficient (Wildman–Crippen LogP) is 2.09. The van der Waals surface area contributed by atoms with E-state index in [1.165, 1.54) is 18.2 Å². The van der Waals surface area contributed by atoms with Crippen LogP contribution in [0.1, 0.15) is 28.6 Å². The van der Waals surface area contributed by atoms with Gasteiger partial charge in [-0.1, -0.05) is 18.2 Å². The van der Waals surface area contributed by atoms with E-state index in [9.17, 15) is 9.18 Å². The van der Waals surface area contributed by atoms with Gasteiger partial charge in [-0.2, -0.15) is 10.4 Å². The first-order valence-corrected chi connectivity index (χ1v) is 6.46. The van der Waals surface area contributed by atoms with Crippen LogP contribution >= 0.6 is 0 Å². The smallest absolute Gasteiger partial charge is 0.225 e. The largest absolute Gasteiger partial charge is 0.336 e. The van der Waals surface area contributed by atoms with Gasteiger partial charge in [0.25, 0.3) is 0 Å². The lowest BCUT2D eigenvalue weighted by Crippen LogP contribution is -2.29. The molecule has 2 rings (SSSR count). The first-order valence-electron chi connectivity index (χ1n) is 6.46. The number of amides is 1. The standard InChI is InChI=1S/C15H15FN4O/c1-9-12(10(2)20-19-9)7-15(21)18-14(8-17)11-5-3-4-6-13(11)16/h3-6,14H,7H2,1-2H3,(H,18,21)(H,19,20)/t14-/m0/s1. The number of halogens is 1. The maximum atomic E-state index is 13.7. The summed E-state index contributed by atoms with van der Waals surface area (Å²) in [5.74, 6) is -0.863. The van der Waals surface area contributed by atoms with Gasteiger partial charge in [-0.25, -0.2) is 4.39 Å². The Balaban J connectivity index is 2.11. The summed E-state index contributed by atoms with van der Waals surface area (Å²) in [4.78, 5) is 12.0. The van der Waals surface area contributed by atoms with Crippen LogP contribution in [-0.2, 0) is 11.2 Å². The second-order valence-electron chi connectivity index (χ2n) is 4.74. The van der Waals surface area contributed by atoms with Gasteiger partial charge >= 0.3 is 0 Å². The van der Waals surface area contributed by atoms with Gasteiger partial charge in [0, 0.05) is 16.8 Å². The molecule has 1 heterocycles. The predicted molar refractivity (Wildman–Crippen MR) is 74.7 cm³/mol. The Hall–Kier alpha value is -2.68. The number of hydrogen-bond acceptors (Lipinski definition) is 3. The highest BCUT2D eigenvalue weighted by Crippen LogP contribution is 2.17. The molecule has 2 aromatic rings. The van der Waals surface area contributed by atoms with E-state index in [-0.39, 0.29) is 17.9 Å². The maximum Gasteiger partial charge on any atom is 0.225 e. The molecule has 0 fully saturated rings. The monoisotopic (exact) mass is 286 g/mol. The topological polar surface area (TPSA) is 81.6 Å². The van der Waals surface area contributed by atoms with Crippen LogP contribution in [0.25, 0.3) is 0 Å². The Morgan fingerprint density at radius 1 is 1.48 bits per heavy atom. The lowest BCUT2D eigenvalue weighted by atomic mass is 10.1. The second-order valence-corrected chi connectivity index (χ2v) is 4.74. The number of nitriles is 1. The summed E-state index contributed by atoms with van der Waals surface area (Å²) >= 11 is 0. The molecule has 21 heavy (non-hydrogen) atoms. The fourth-order valence-corrected chi connectivity index (χ4v) is 2.10. The number of carbonyl (C=O) groups excluding carboxylic acids is 1.